The van der Waals surface area contributed by atoms with Crippen molar-refractivity contribution in [3.05, 3.63) is 41.5 Å². The lowest BCUT2D eigenvalue weighted by Crippen LogP contribution is -2.29. The Kier molecular flexibility index (Phi) is 6.17. The van der Waals surface area contributed by atoms with E-state index in [0.29, 0.717) is 12.1 Å². The molecule has 0 unspecified atom stereocenters. The van der Waals surface area contributed by atoms with Crippen LogP contribution in [0.25, 0.3) is 0 Å². The van der Waals surface area contributed by atoms with Gasteiger partial charge in [-0.2, -0.15) is 5.26 Å². The second-order valence-corrected chi connectivity index (χ2v) is 6.05. The minimum Gasteiger partial charge on any atom is -0.313 e. The maximum absolute atomic E-state index is 12.1. The maximum atomic E-state index is 12.1. The van der Waals surface area contributed by atoms with Crippen molar-refractivity contribution in [2.24, 2.45) is 0 Å². The highest BCUT2D eigenvalue weighted by Gasteiger charge is 2.15. The van der Waals surface area contributed by atoms with Gasteiger partial charge >= 0.3 is 0 Å². The molecular weight excluding hydrogens is 298 g/mol. The Morgan fingerprint density at radius 2 is 2.20 bits per heavy atom. The minimum atomic E-state index is -3.55. The first-order chi connectivity index (χ1) is 9.12. The van der Waals surface area contributed by atoms with Gasteiger partial charge in [-0.15, -0.1) is 12.4 Å². The summed E-state index contributed by atoms with van der Waals surface area (Å²) in [4.78, 5) is 0.126. The molecule has 0 radical (unpaired) electrons. The monoisotopic (exact) mass is 313 g/mol. The minimum absolute atomic E-state index is 0. The number of nitrogens with zero attached hydrogens (tertiary/aromatic N) is 1. The molecule has 0 aliphatic carbocycles. The Balaban J connectivity index is 0.00000200. The average Bonchev–Trinajstić information content (AvgIpc) is 2.46. The second kappa shape index (κ2) is 7.41. The summed E-state index contributed by atoms with van der Waals surface area (Å²) in [5.41, 5.74) is 1.42. The van der Waals surface area contributed by atoms with Crippen LogP contribution in [-0.4, -0.2) is 28.1 Å². The van der Waals surface area contributed by atoms with Crippen molar-refractivity contribution in [2.75, 3.05) is 19.6 Å². The Labute approximate surface area is 125 Å². The van der Waals surface area contributed by atoms with Crippen LogP contribution in [0.5, 0.6) is 0 Å². The van der Waals surface area contributed by atoms with E-state index in [9.17, 15) is 8.42 Å². The van der Waals surface area contributed by atoms with Crippen molar-refractivity contribution in [3.63, 3.8) is 0 Å². The highest BCUT2D eigenvalue weighted by atomic mass is 35.5. The number of rotatable bonds is 4. The molecule has 0 spiro atoms. The van der Waals surface area contributed by atoms with Gasteiger partial charge in [0, 0.05) is 13.1 Å². The zero-order valence-electron chi connectivity index (χ0n) is 10.8. The maximum Gasteiger partial charge on any atom is 0.240 e. The Morgan fingerprint density at radius 3 is 2.85 bits per heavy atom. The SMILES string of the molecule is Cl.N#Cc1cccc(S(=O)(=O)NCC2=CCNCC2)c1. The lowest BCUT2D eigenvalue weighted by Gasteiger charge is -2.14. The normalized spacial score (nSPS) is 14.8. The first-order valence-corrected chi connectivity index (χ1v) is 7.48. The molecule has 0 bridgehead atoms. The average molecular weight is 314 g/mol. The molecule has 0 aromatic heterocycles. The molecule has 2 N–H and O–H groups in total. The zero-order chi connectivity index (χ0) is 13.7. The summed E-state index contributed by atoms with van der Waals surface area (Å²) in [6, 6.07) is 7.94. The van der Waals surface area contributed by atoms with Crippen LogP contribution in [0, 0.1) is 11.3 Å². The zero-order valence-corrected chi connectivity index (χ0v) is 12.4. The molecule has 20 heavy (non-hydrogen) atoms. The molecule has 0 saturated carbocycles. The Hall–Kier alpha value is -1.39. The molecular formula is C13H16ClN3O2S. The smallest absolute Gasteiger partial charge is 0.240 e. The first-order valence-electron chi connectivity index (χ1n) is 6.00. The predicted molar refractivity (Wildman–Crippen MR) is 79.2 cm³/mol. The fraction of sp³-hybridized carbons (Fsp3) is 0.308. The highest BCUT2D eigenvalue weighted by molar-refractivity contribution is 7.89. The lowest BCUT2D eigenvalue weighted by molar-refractivity contribution is 0.582. The molecule has 1 aliphatic rings. The molecule has 0 amide bonds. The third kappa shape index (κ3) is 4.32. The number of nitrogens with one attached hydrogen (secondary N) is 2. The molecule has 108 valence electrons. The highest BCUT2D eigenvalue weighted by Crippen LogP contribution is 2.12. The number of hydrogen-bond donors (Lipinski definition) is 2. The van der Waals surface area contributed by atoms with Crippen molar-refractivity contribution in [3.8, 4) is 6.07 Å². The van der Waals surface area contributed by atoms with Crippen LogP contribution in [0.2, 0.25) is 0 Å². The van der Waals surface area contributed by atoms with Gasteiger partial charge in [-0.3, -0.25) is 0 Å². The molecule has 0 fully saturated rings. The van der Waals surface area contributed by atoms with Crippen LogP contribution in [0.3, 0.4) is 0 Å². The molecule has 1 heterocycles. The molecule has 1 aromatic rings. The van der Waals surface area contributed by atoms with Crippen LogP contribution in [-0.2, 0) is 10.0 Å². The number of nitriles is 1. The van der Waals surface area contributed by atoms with Gasteiger partial charge in [-0.25, -0.2) is 13.1 Å². The van der Waals surface area contributed by atoms with Crippen LogP contribution in [0.1, 0.15) is 12.0 Å². The van der Waals surface area contributed by atoms with E-state index in [1.54, 1.807) is 12.1 Å². The standard InChI is InChI=1S/C13H15N3O2S.ClH/c14-9-12-2-1-3-13(8-12)19(17,18)16-10-11-4-6-15-7-5-11;/h1-4,8,15-16H,5-7,10H2;1H. The molecule has 0 saturated heterocycles. The molecule has 2 rings (SSSR count). The van der Waals surface area contributed by atoms with E-state index in [2.05, 4.69) is 10.0 Å². The van der Waals surface area contributed by atoms with Crippen molar-refractivity contribution in [1.82, 2.24) is 10.0 Å². The lowest BCUT2D eigenvalue weighted by atomic mass is 10.1. The Morgan fingerprint density at radius 1 is 1.40 bits per heavy atom. The van der Waals surface area contributed by atoms with Gasteiger partial charge in [0.1, 0.15) is 0 Å². The number of hydrogen-bond acceptors (Lipinski definition) is 4. The third-order valence-corrected chi connectivity index (χ3v) is 4.32. The van der Waals surface area contributed by atoms with Crippen LogP contribution < -0.4 is 10.0 Å². The molecule has 1 aromatic carbocycles. The largest absolute Gasteiger partial charge is 0.313 e. The Bertz CT molecular complexity index is 635. The van der Waals surface area contributed by atoms with E-state index >= 15 is 0 Å². The van der Waals surface area contributed by atoms with Crippen molar-refractivity contribution < 1.29 is 8.42 Å². The molecule has 0 atom stereocenters. The van der Waals surface area contributed by atoms with Gasteiger partial charge in [-0.05, 0) is 31.2 Å². The van der Waals surface area contributed by atoms with Crippen molar-refractivity contribution >= 4 is 22.4 Å². The molecule has 5 nitrogen and oxygen atoms in total. The van der Waals surface area contributed by atoms with E-state index in [0.717, 1.165) is 25.1 Å². The van der Waals surface area contributed by atoms with E-state index < -0.39 is 10.0 Å². The number of halogens is 1. The van der Waals surface area contributed by atoms with Crippen molar-refractivity contribution in [2.45, 2.75) is 11.3 Å². The summed E-state index contributed by atoms with van der Waals surface area (Å²) in [7, 11) is -3.55. The fourth-order valence-electron chi connectivity index (χ4n) is 1.83. The van der Waals surface area contributed by atoms with Crippen LogP contribution >= 0.6 is 12.4 Å². The van der Waals surface area contributed by atoms with Gasteiger partial charge in [-0.1, -0.05) is 17.7 Å². The van der Waals surface area contributed by atoms with E-state index in [4.69, 9.17) is 5.26 Å². The van der Waals surface area contributed by atoms with Gasteiger partial charge in [0.05, 0.1) is 16.5 Å². The van der Waals surface area contributed by atoms with Crippen LogP contribution in [0.15, 0.2) is 40.8 Å². The van der Waals surface area contributed by atoms with Gasteiger partial charge in [0.15, 0.2) is 0 Å². The fourth-order valence-corrected chi connectivity index (χ4v) is 2.92. The van der Waals surface area contributed by atoms with E-state index in [-0.39, 0.29) is 17.3 Å². The summed E-state index contributed by atoms with van der Waals surface area (Å²) in [6.45, 7) is 1.97. The topological polar surface area (TPSA) is 82.0 Å². The number of benzene rings is 1. The summed E-state index contributed by atoms with van der Waals surface area (Å²) in [5, 5.41) is 11.9. The predicted octanol–water partition coefficient (Wildman–Crippen LogP) is 1.18. The second-order valence-electron chi connectivity index (χ2n) is 4.28. The summed E-state index contributed by atoms with van der Waals surface area (Å²) >= 11 is 0. The quantitative estimate of drug-likeness (QED) is 0.818. The first kappa shape index (κ1) is 16.7. The van der Waals surface area contributed by atoms with E-state index in [1.807, 2.05) is 12.1 Å². The van der Waals surface area contributed by atoms with Gasteiger partial charge < -0.3 is 5.32 Å². The van der Waals surface area contributed by atoms with Gasteiger partial charge in [0.2, 0.25) is 10.0 Å². The van der Waals surface area contributed by atoms with Crippen molar-refractivity contribution in [1.29, 1.82) is 5.26 Å². The van der Waals surface area contributed by atoms with E-state index in [1.165, 1.54) is 12.1 Å². The summed E-state index contributed by atoms with van der Waals surface area (Å²) in [5.74, 6) is 0. The molecule has 1 aliphatic heterocycles. The molecule has 7 heteroatoms. The number of sulfonamides is 1. The summed E-state index contributed by atoms with van der Waals surface area (Å²) < 4.78 is 26.7. The summed E-state index contributed by atoms with van der Waals surface area (Å²) in [6.07, 6.45) is 2.85. The third-order valence-electron chi connectivity index (χ3n) is 2.92. The van der Waals surface area contributed by atoms with Crippen LogP contribution in [0.4, 0.5) is 0 Å². The van der Waals surface area contributed by atoms with Gasteiger partial charge in [0.25, 0.3) is 0 Å².